The summed E-state index contributed by atoms with van der Waals surface area (Å²) in [5.41, 5.74) is 0.867. The van der Waals surface area contributed by atoms with Crippen molar-refractivity contribution in [3.8, 4) is 11.5 Å². The fourth-order valence-electron chi connectivity index (χ4n) is 3.40. The number of carbonyl (C=O) groups is 1. The first-order chi connectivity index (χ1) is 15.0. The Morgan fingerprint density at radius 3 is 2.29 bits per heavy atom. The fraction of sp³-hybridized carbons (Fsp3) is 0.217. The van der Waals surface area contributed by atoms with E-state index in [1.165, 1.54) is 16.4 Å². The number of sulfonamides is 1. The Balaban J connectivity index is 1.44. The Morgan fingerprint density at radius 2 is 1.58 bits per heavy atom. The lowest BCUT2D eigenvalue weighted by molar-refractivity contribution is 0.102. The lowest BCUT2D eigenvalue weighted by Crippen LogP contribution is -2.35. The average molecular weight is 438 g/mol. The van der Waals surface area contributed by atoms with Gasteiger partial charge < -0.3 is 10.1 Å². The van der Waals surface area contributed by atoms with E-state index < -0.39 is 10.0 Å². The molecule has 7 nitrogen and oxygen atoms in total. The molecule has 1 aliphatic rings. The molecule has 1 aromatic heterocycles. The van der Waals surface area contributed by atoms with Crippen LogP contribution in [0.5, 0.6) is 11.5 Å². The number of nitrogens with zero attached hydrogens (tertiary/aromatic N) is 2. The van der Waals surface area contributed by atoms with Crippen molar-refractivity contribution in [1.82, 2.24) is 9.29 Å². The van der Waals surface area contributed by atoms with Gasteiger partial charge in [-0.25, -0.2) is 8.42 Å². The molecule has 2 aromatic carbocycles. The van der Waals surface area contributed by atoms with Gasteiger partial charge in [0.1, 0.15) is 11.5 Å². The Labute approximate surface area is 181 Å². The van der Waals surface area contributed by atoms with Crippen LogP contribution in [0.15, 0.2) is 78.0 Å². The van der Waals surface area contributed by atoms with Crippen LogP contribution in [0, 0.1) is 0 Å². The number of ether oxygens (including phenoxy) is 1. The molecule has 3 aromatic rings. The highest BCUT2D eigenvalue weighted by atomic mass is 32.2. The van der Waals surface area contributed by atoms with Gasteiger partial charge in [-0.05, 0) is 67.4 Å². The highest BCUT2D eigenvalue weighted by Gasteiger charge is 2.26. The smallest absolute Gasteiger partial charge is 0.255 e. The van der Waals surface area contributed by atoms with Gasteiger partial charge in [0.2, 0.25) is 10.0 Å². The van der Waals surface area contributed by atoms with Crippen LogP contribution in [0.1, 0.15) is 29.6 Å². The number of amides is 1. The zero-order valence-corrected chi connectivity index (χ0v) is 17.7. The second-order valence-corrected chi connectivity index (χ2v) is 9.19. The number of hydrogen-bond acceptors (Lipinski definition) is 5. The van der Waals surface area contributed by atoms with Crippen molar-refractivity contribution >= 4 is 21.6 Å². The molecule has 0 radical (unpaired) electrons. The Morgan fingerprint density at radius 1 is 0.903 bits per heavy atom. The lowest BCUT2D eigenvalue weighted by Gasteiger charge is -2.26. The van der Waals surface area contributed by atoms with Crippen molar-refractivity contribution in [3.63, 3.8) is 0 Å². The van der Waals surface area contributed by atoms with Gasteiger partial charge in [-0.3, -0.25) is 9.78 Å². The van der Waals surface area contributed by atoms with Gasteiger partial charge in [0.05, 0.1) is 4.90 Å². The first kappa shape index (κ1) is 21.0. The summed E-state index contributed by atoms with van der Waals surface area (Å²) in [7, 11) is -3.59. The van der Waals surface area contributed by atoms with Crippen LogP contribution in [0.3, 0.4) is 0 Å². The molecule has 160 valence electrons. The molecule has 1 aliphatic heterocycles. The highest BCUT2D eigenvalue weighted by Crippen LogP contribution is 2.24. The van der Waals surface area contributed by atoms with Crippen molar-refractivity contribution in [3.05, 3.63) is 78.6 Å². The third kappa shape index (κ3) is 5.10. The minimum absolute atomic E-state index is 0.142. The van der Waals surface area contributed by atoms with Crippen molar-refractivity contribution < 1.29 is 17.9 Å². The number of benzene rings is 2. The van der Waals surface area contributed by atoms with Gasteiger partial charge in [0, 0.05) is 36.7 Å². The molecule has 4 rings (SSSR count). The zero-order chi connectivity index (χ0) is 21.7. The summed E-state index contributed by atoms with van der Waals surface area (Å²) in [5.74, 6) is 0.913. The Hall–Kier alpha value is -3.23. The normalized spacial score (nSPS) is 14.7. The van der Waals surface area contributed by atoms with Crippen LogP contribution in [0.2, 0.25) is 0 Å². The average Bonchev–Trinajstić information content (AvgIpc) is 2.82. The molecule has 0 unspecified atom stereocenters. The molecule has 0 spiro atoms. The van der Waals surface area contributed by atoms with E-state index in [9.17, 15) is 13.2 Å². The van der Waals surface area contributed by atoms with Crippen LogP contribution >= 0.6 is 0 Å². The molecule has 0 atom stereocenters. The first-order valence-corrected chi connectivity index (χ1v) is 11.6. The largest absolute Gasteiger partial charge is 0.457 e. The third-order valence-corrected chi connectivity index (χ3v) is 6.94. The maximum absolute atomic E-state index is 12.9. The topological polar surface area (TPSA) is 88.6 Å². The van der Waals surface area contributed by atoms with Crippen molar-refractivity contribution in [2.24, 2.45) is 0 Å². The summed E-state index contributed by atoms with van der Waals surface area (Å²) >= 11 is 0. The highest BCUT2D eigenvalue weighted by molar-refractivity contribution is 7.89. The standard InChI is InChI=1S/C23H23N3O4S/c27-23(25-19-7-9-20(10-8-19)30-21-11-13-24-14-12-21)18-5-4-6-22(17-18)31(28,29)26-15-2-1-3-16-26/h4-14,17H,1-3,15-16H2,(H,25,27). The predicted molar refractivity (Wildman–Crippen MR) is 118 cm³/mol. The van der Waals surface area contributed by atoms with Crippen LogP contribution in [0.25, 0.3) is 0 Å². The number of nitrogens with one attached hydrogen (secondary N) is 1. The molecule has 31 heavy (non-hydrogen) atoms. The second kappa shape index (κ2) is 9.28. The van der Waals surface area contributed by atoms with E-state index in [1.54, 1.807) is 60.9 Å². The number of carbonyl (C=O) groups excluding carboxylic acids is 1. The summed E-state index contributed by atoms with van der Waals surface area (Å²) in [6.45, 7) is 1.04. The molecule has 1 saturated heterocycles. The molecule has 1 fully saturated rings. The minimum atomic E-state index is -3.59. The number of piperidine rings is 1. The van der Waals surface area contributed by atoms with Gasteiger partial charge in [-0.1, -0.05) is 12.5 Å². The molecule has 8 heteroatoms. The maximum atomic E-state index is 12.9. The third-order valence-electron chi connectivity index (χ3n) is 5.05. The molecular weight excluding hydrogens is 414 g/mol. The number of rotatable bonds is 6. The van der Waals surface area contributed by atoms with Crippen molar-refractivity contribution in [2.75, 3.05) is 18.4 Å². The van der Waals surface area contributed by atoms with Crippen LogP contribution in [-0.2, 0) is 10.0 Å². The van der Waals surface area contributed by atoms with E-state index in [1.807, 2.05) is 0 Å². The second-order valence-electron chi connectivity index (χ2n) is 7.26. The summed E-state index contributed by atoms with van der Waals surface area (Å²) in [5, 5.41) is 2.79. The summed E-state index contributed by atoms with van der Waals surface area (Å²) in [6.07, 6.45) is 6.05. The molecule has 0 saturated carbocycles. The van der Waals surface area contributed by atoms with Gasteiger partial charge in [-0.2, -0.15) is 4.31 Å². The summed E-state index contributed by atoms with van der Waals surface area (Å²) in [4.78, 5) is 16.8. The fourth-order valence-corrected chi connectivity index (χ4v) is 4.97. The summed E-state index contributed by atoms with van der Waals surface area (Å²) < 4.78 is 33.0. The zero-order valence-electron chi connectivity index (χ0n) is 16.9. The van der Waals surface area contributed by atoms with Crippen molar-refractivity contribution in [1.29, 1.82) is 0 Å². The van der Waals surface area contributed by atoms with Gasteiger partial charge in [-0.15, -0.1) is 0 Å². The molecule has 2 heterocycles. The van der Waals surface area contributed by atoms with Crippen LogP contribution in [-0.4, -0.2) is 36.7 Å². The number of pyridine rings is 1. The number of hydrogen-bond donors (Lipinski definition) is 1. The van der Waals surface area contributed by atoms with E-state index in [-0.39, 0.29) is 16.4 Å². The molecular formula is C23H23N3O4S. The molecule has 1 amide bonds. The van der Waals surface area contributed by atoms with E-state index in [4.69, 9.17) is 4.74 Å². The Bertz CT molecular complexity index is 1140. The molecule has 0 bridgehead atoms. The van der Waals surface area contributed by atoms with Gasteiger partial charge in [0.15, 0.2) is 0 Å². The van der Waals surface area contributed by atoms with Crippen LogP contribution < -0.4 is 10.1 Å². The maximum Gasteiger partial charge on any atom is 0.255 e. The molecule has 0 aliphatic carbocycles. The summed E-state index contributed by atoms with van der Waals surface area (Å²) in [6, 6.07) is 16.6. The van der Waals surface area contributed by atoms with Gasteiger partial charge >= 0.3 is 0 Å². The number of anilines is 1. The van der Waals surface area contributed by atoms with Gasteiger partial charge in [0.25, 0.3) is 5.91 Å². The van der Waals surface area contributed by atoms with Crippen molar-refractivity contribution in [2.45, 2.75) is 24.2 Å². The van der Waals surface area contributed by atoms with E-state index >= 15 is 0 Å². The quantitative estimate of drug-likeness (QED) is 0.621. The lowest BCUT2D eigenvalue weighted by atomic mass is 10.2. The minimum Gasteiger partial charge on any atom is -0.457 e. The van der Waals surface area contributed by atoms with Crippen LogP contribution in [0.4, 0.5) is 5.69 Å². The van der Waals surface area contributed by atoms with E-state index in [0.717, 1.165) is 19.3 Å². The monoisotopic (exact) mass is 437 g/mol. The predicted octanol–water partition coefficient (Wildman–Crippen LogP) is 4.30. The van der Waals surface area contributed by atoms with E-state index in [2.05, 4.69) is 10.3 Å². The number of aromatic nitrogens is 1. The Kier molecular flexibility index (Phi) is 6.29. The SMILES string of the molecule is O=C(Nc1ccc(Oc2ccncc2)cc1)c1cccc(S(=O)(=O)N2CCCCC2)c1. The van der Waals surface area contributed by atoms with E-state index in [0.29, 0.717) is 30.3 Å². The first-order valence-electron chi connectivity index (χ1n) is 10.1. The molecule has 1 N–H and O–H groups in total.